The van der Waals surface area contributed by atoms with Gasteiger partial charge in [-0.25, -0.2) is 0 Å². The quantitative estimate of drug-likeness (QED) is 0.737. The third kappa shape index (κ3) is 2.14. The van der Waals surface area contributed by atoms with Gasteiger partial charge in [0.05, 0.1) is 5.38 Å². The van der Waals surface area contributed by atoms with E-state index >= 15 is 0 Å². The summed E-state index contributed by atoms with van der Waals surface area (Å²) in [7, 11) is 3.98. The second-order valence-electron chi connectivity index (χ2n) is 4.22. The standard InChI is InChI=1S/C12H15ClN2O/c1-14(2)10-3-5-11(6-4-10)15-8-9(13)7-12(15)16/h3-6,9H,7-8H2,1-2H3. The predicted octanol–water partition coefficient (Wildman–Crippen LogP) is 2.10. The predicted molar refractivity (Wildman–Crippen MR) is 67.4 cm³/mol. The molecule has 1 atom stereocenters. The van der Waals surface area contributed by atoms with Crippen molar-refractivity contribution < 1.29 is 4.79 Å². The summed E-state index contributed by atoms with van der Waals surface area (Å²) in [6.07, 6.45) is 0.441. The van der Waals surface area contributed by atoms with Crippen LogP contribution < -0.4 is 9.80 Å². The molecule has 1 aliphatic rings. The molecule has 86 valence electrons. The minimum atomic E-state index is -0.0546. The Morgan fingerprint density at radius 3 is 2.38 bits per heavy atom. The highest BCUT2D eigenvalue weighted by molar-refractivity contribution is 6.24. The zero-order chi connectivity index (χ0) is 11.7. The number of rotatable bonds is 2. The van der Waals surface area contributed by atoms with Gasteiger partial charge in [-0.3, -0.25) is 4.79 Å². The van der Waals surface area contributed by atoms with E-state index in [1.165, 1.54) is 0 Å². The van der Waals surface area contributed by atoms with Crippen LogP contribution in [-0.2, 0) is 4.79 Å². The van der Waals surface area contributed by atoms with Crippen LogP contribution in [0.1, 0.15) is 6.42 Å². The van der Waals surface area contributed by atoms with E-state index in [9.17, 15) is 4.79 Å². The van der Waals surface area contributed by atoms with Crippen LogP contribution >= 0.6 is 11.6 Å². The summed E-state index contributed by atoms with van der Waals surface area (Å²) in [5, 5.41) is -0.0546. The number of hydrogen-bond acceptors (Lipinski definition) is 2. The molecule has 0 N–H and O–H groups in total. The van der Waals surface area contributed by atoms with Crippen LogP contribution in [0.5, 0.6) is 0 Å². The molecule has 1 unspecified atom stereocenters. The molecule has 2 rings (SSSR count). The van der Waals surface area contributed by atoms with Crippen LogP contribution in [0.3, 0.4) is 0 Å². The van der Waals surface area contributed by atoms with Crippen molar-refractivity contribution in [2.24, 2.45) is 0 Å². The van der Waals surface area contributed by atoms with E-state index in [0.29, 0.717) is 13.0 Å². The number of carbonyl (C=O) groups is 1. The summed E-state index contributed by atoms with van der Waals surface area (Å²) in [6.45, 7) is 0.613. The van der Waals surface area contributed by atoms with Crippen LogP contribution in [0.15, 0.2) is 24.3 Å². The fourth-order valence-corrected chi connectivity index (χ4v) is 2.11. The van der Waals surface area contributed by atoms with E-state index in [1.54, 1.807) is 4.90 Å². The second kappa shape index (κ2) is 4.34. The van der Waals surface area contributed by atoms with Crippen LogP contribution in [0.2, 0.25) is 0 Å². The van der Waals surface area contributed by atoms with Crippen LogP contribution in [-0.4, -0.2) is 31.9 Å². The van der Waals surface area contributed by atoms with Crippen LogP contribution in [0.25, 0.3) is 0 Å². The average Bonchev–Trinajstić information content (AvgIpc) is 2.58. The molecule has 4 heteroatoms. The summed E-state index contributed by atoms with van der Waals surface area (Å²) >= 11 is 5.96. The molecule has 1 saturated heterocycles. The van der Waals surface area contributed by atoms with E-state index in [-0.39, 0.29) is 11.3 Å². The molecule has 1 aliphatic heterocycles. The Balaban J connectivity index is 2.19. The molecule has 1 amide bonds. The molecule has 1 aromatic rings. The number of benzene rings is 1. The molecule has 0 radical (unpaired) electrons. The monoisotopic (exact) mass is 238 g/mol. The lowest BCUT2D eigenvalue weighted by molar-refractivity contribution is -0.117. The Kier molecular flexibility index (Phi) is 3.06. The lowest BCUT2D eigenvalue weighted by Gasteiger charge is -2.18. The minimum absolute atomic E-state index is 0.0546. The van der Waals surface area contributed by atoms with Crippen molar-refractivity contribution >= 4 is 28.9 Å². The molecule has 1 heterocycles. The van der Waals surface area contributed by atoms with Gasteiger partial charge in [-0.2, -0.15) is 0 Å². The van der Waals surface area contributed by atoms with Gasteiger partial charge in [0, 0.05) is 38.4 Å². The molecule has 0 spiro atoms. The summed E-state index contributed by atoms with van der Waals surface area (Å²) in [5.41, 5.74) is 2.05. The van der Waals surface area contributed by atoms with Gasteiger partial charge >= 0.3 is 0 Å². The molecule has 3 nitrogen and oxygen atoms in total. The minimum Gasteiger partial charge on any atom is -0.378 e. The number of amides is 1. The maximum absolute atomic E-state index is 11.6. The van der Waals surface area contributed by atoms with Gasteiger partial charge in [0.25, 0.3) is 0 Å². The smallest absolute Gasteiger partial charge is 0.228 e. The van der Waals surface area contributed by atoms with Crippen molar-refractivity contribution in [2.45, 2.75) is 11.8 Å². The molecule has 0 aliphatic carbocycles. The van der Waals surface area contributed by atoms with Gasteiger partial charge in [-0.1, -0.05) is 0 Å². The largest absolute Gasteiger partial charge is 0.378 e. The molecule has 0 aromatic heterocycles. The first-order chi connectivity index (χ1) is 7.58. The highest BCUT2D eigenvalue weighted by Gasteiger charge is 2.28. The van der Waals surface area contributed by atoms with Gasteiger partial charge in [-0.05, 0) is 24.3 Å². The van der Waals surface area contributed by atoms with Crippen molar-refractivity contribution in [3.8, 4) is 0 Å². The van der Waals surface area contributed by atoms with E-state index in [1.807, 2.05) is 43.3 Å². The van der Waals surface area contributed by atoms with Gasteiger partial charge in [0.15, 0.2) is 0 Å². The highest BCUT2D eigenvalue weighted by atomic mass is 35.5. The first-order valence-electron chi connectivity index (χ1n) is 5.30. The van der Waals surface area contributed by atoms with Crippen molar-refractivity contribution in [3.05, 3.63) is 24.3 Å². The molecule has 0 saturated carbocycles. The summed E-state index contributed by atoms with van der Waals surface area (Å²) in [5.74, 6) is 0.109. The van der Waals surface area contributed by atoms with E-state index in [0.717, 1.165) is 11.4 Å². The Bertz CT molecular complexity index is 389. The Morgan fingerprint density at radius 1 is 1.31 bits per heavy atom. The average molecular weight is 239 g/mol. The van der Waals surface area contributed by atoms with Gasteiger partial charge in [0.1, 0.15) is 0 Å². The fourth-order valence-electron chi connectivity index (χ4n) is 1.84. The molecule has 1 fully saturated rings. The number of anilines is 2. The molecular formula is C12H15ClN2O. The van der Waals surface area contributed by atoms with E-state index < -0.39 is 0 Å². The maximum Gasteiger partial charge on any atom is 0.228 e. The molecule has 0 bridgehead atoms. The number of halogens is 1. The lowest BCUT2D eigenvalue weighted by Crippen LogP contribution is -2.24. The van der Waals surface area contributed by atoms with Gasteiger partial charge < -0.3 is 9.80 Å². The summed E-state index contributed by atoms with van der Waals surface area (Å²) < 4.78 is 0. The van der Waals surface area contributed by atoms with Gasteiger partial charge in [-0.15, -0.1) is 11.6 Å². The molecular weight excluding hydrogens is 224 g/mol. The summed E-state index contributed by atoms with van der Waals surface area (Å²) in [6, 6.07) is 7.93. The third-order valence-corrected chi connectivity index (χ3v) is 3.05. The number of hydrogen-bond donors (Lipinski definition) is 0. The van der Waals surface area contributed by atoms with Crippen molar-refractivity contribution in [3.63, 3.8) is 0 Å². The highest BCUT2D eigenvalue weighted by Crippen LogP contribution is 2.25. The molecule has 16 heavy (non-hydrogen) atoms. The summed E-state index contributed by atoms with van der Waals surface area (Å²) in [4.78, 5) is 15.4. The van der Waals surface area contributed by atoms with Crippen LogP contribution in [0, 0.1) is 0 Å². The van der Waals surface area contributed by atoms with E-state index in [4.69, 9.17) is 11.6 Å². The Morgan fingerprint density at radius 2 is 1.94 bits per heavy atom. The zero-order valence-corrected chi connectivity index (χ0v) is 10.2. The van der Waals surface area contributed by atoms with Crippen molar-refractivity contribution in [1.82, 2.24) is 0 Å². The number of carbonyl (C=O) groups excluding carboxylic acids is 1. The van der Waals surface area contributed by atoms with Crippen LogP contribution in [0.4, 0.5) is 11.4 Å². The molecule has 1 aromatic carbocycles. The second-order valence-corrected chi connectivity index (χ2v) is 4.83. The normalized spacial score (nSPS) is 20.3. The third-order valence-electron chi connectivity index (χ3n) is 2.76. The Hall–Kier alpha value is -1.22. The van der Waals surface area contributed by atoms with Gasteiger partial charge in [0.2, 0.25) is 5.91 Å². The Labute approximate surface area is 101 Å². The van der Waals surface area contributed by atoms with E-state index in [2.05, 4.69) is 0 Å². The van der Waals surface area contributed by atoms with Crippen molar-refractivity contribution in [2.75, 3.05) is 30.4 Å². The van der Waals surface area contributed by atoms with Crippen molar-refractivity contribution in [1.29, 1.82) is 0 Å². The number of alkyl halides is 1. The SMILES string of the molecule is CN(C)c1ccc(N2CC(Cl)CC2=O)cc1. The number of nitrogens with zero attached hydrogens (tertiary/aromatic N) is 2. The fraction of sp³-hybridized carbons (Fsp3) is 0.417. The lowest BCUT2D eigenvalue weighted by atomic mass is 10.2. The first kappa shape index (κ1) is 11.3. The first-order valence-corrected chi connectivity index (χ1v) is 5.73. The topological polar surface area (TPSA) is 23.6 Å². The zero-order valence-electron chi connectivity index (χ0n) is 9.48. The maximum atomic E-state index is 11.6.